The van der Waals surface area contributed by atoms with E-state index in [1.54, 1.807) is 13.3 Å². The number of hydrogen-bond donors (Lipinski definition) is 1. The van der Waals surface area contributed by atoms with Gasteiger partial charge < -0.3 is 19.4 Å². The van der Waals surface area contributed by atoms with Gasteiger partial charge in [0.05, 0.1) is 20.3 Å². The van der Waals surface area contributed by atoms with E-state index in [2.05, 4.69) is 10.3 Å². The molecular weight excluding hydrogens is 254 g/mol. The molecule has 0 saturated heterocycles. The Morgan fingerprint density at radius 3 is 2.80 bits per heavy atom. The molecule has 0 amide bonds. The number of para-hydroxylation sites is 1. The summed E-state index contributed by atoms with van der Waals surface area (Å²) in [5.41, 5.74) is 1.08. The topological polar surface area (TPSA) is 48.3 Å². The summed E-state index contributed by atoms with van der Waals surface area (Å²) < 4.78 is 13.0. The molecule has 0 aliphatic carbocycles. The first kappa shape index (κ1) is 14.4. The zero-order chi connectivity index (χ0) is 14.4. The lowest BCUT2D eigenvalue weighted by atomic mass is 10.2. The fourth-order valence-electron chi connectivity index (χ4n) is 2.08. The van der Waals surface area contributed by atoms with E-state index in [4.69, 9.17) is 9.47 Å². The predicted molar refractivity (Wildman–Crippen MR) is 77.9 cm³/mol. The Bertz CT molecular complexity index is 552. The van der Waals surface area contributed by atoms with Crippen LogP contribution in [-0.4, -0.2) is 23.3 Å². The minimum absolute atomic E-state index is 0.626. The molecule has 5 heteroatoms. The normalized spacial score (nSPS) is 10.6. The van der Waals surface area contributed by atoms with Crippen LogP contribution in [0.25, 0.3) is 0 Å². The number of nitrogens with one attached hydrogen (secondary N) is 1. The molecule has 108 valence electrons. The highest BCUT2D eigenvalue weighted by molar-refractivity contribution is 5.46. The molecule has 20 heavy (non-hydrogen) atoms. The molecule has 1 heterocycles. The van der Waals surface area contributed by atoms with Crippen LogP contribution in [0.2, 0.25) is 0 Å². The zero-order valence-corrected chi connectivity index (χ0v) is 12.2. The fourth-order valence-corrected chi connectivity index (χ4v) is 2.08. The predicted octanol–water partition coefficient (Wildman–Crippen LogP) is 2.12. The minimum Gasteiger partial charge on any atom is -0.493 e. The van der Waals surface area contributed by atoms with Crippen molar-refractivity contribution >= 4 is 0 Å². The Balaban J connectivity index is 2.02. The second kappa shape index (κ2) is 6.96. The van der Waals surface area contributed by atoms with Gasteiger partial charge in [-0.3, -0.25) is 0 Å². The number of methoxy groups -OCH3 is 1. The Morgan fingerprint density at radius 2 is 2.15 bits per heavy atom. The maximum absolute atomic E-state index is 5.57. The van der Waals surface area contributed by atoms with Crippen molar-refractivity contribution in [3.05, 3.63) is 42.0 Å². The Morgan fingerprint density at radius 1 is 1.30 bits per heavy atom. The van der Waals surface area contributed by atoms with Crippen LogP contribution in [0.3, 0.4) is 0 Å². The Kier molecular flexibility index (Phi) is 5.01. The Hall–Kier alpha value is -2.01. The van der Waals surface area contributed by atoms with Gasteiger partial charge in [-0.2, -0.15) is 0 Å². The van der Waals surface area contributed by atoms with E-state index in [-0.39, 0.29) is 0 Å². The average Bonchev–Trinajstić information content (AvgIpc) is 2.85. The smallest absolute Gasteiger partial charge is 0.165 e. The van der Waals surface area contributed by atoms with Crippen molar-refractivity contribution in [2.45, 2.75) is 20.0 Å². The third-order valence-corrected chi connectivity index (χ3v) is 3.08. The summed E-state index contributed by atoms with van der Waals surface area (Å²) in [5, 5.41) is 3.37. The van der Waals surface area contributed by atoms with Gasteiger partial charge in [0, 0.05) is 31.5 Å². The number of rotatable bonds is 7. The summed E-state index contributed by atoms with van der Waals surface area (Å²) >= 11 is 0. The molecule has 1 N–H and O–H groups in total. The van der Waals surface area contributed by atoms with E-state index in [1.165, 1.54) is 0 Å². The molecule has 0 unspecified atom stereocenters. The second-order valence-electron chi connectivity index (χ2n) is 4.44. The van der Waals surface area contributed by atoms with Gasteiger partial charge in [-0.25, -0.2) is 4.98 Å². The summed E-state index contributed by atoms with van der Waals surface area (Å²) in [6.07, 6.45) is 3.74. The lowest BCUT2D eigenvalue weighted by molar-refractivity contribution is 0.308. The van der Waals surface area contributed by atoms with Crippen LogP contribution >= 0.6 is 0 Å². The van der Waals surface area contributed by atoms with E-state index in [0.29, 0.717) is 19.7 Å². The van der Waals surface area contributed by atoms with Crippen LogP contribution in [0.4, 0.5) is 0 Å². The summed E-state index contributed by atoms with van der Waals surface area (Å²) in [4.78, 5) is 4.28. The van der Waals surface area contributed by atoms with Gasteiger partial charge in [-0.15, -0.1) is 0 Å². The first-order valence-corrected chi connectivity index (χ1v) is 6.71. The number of hydrogen-bond acceptors (Lipinski definition) is 4. The second-order valence-corrected chi connectivity index (χ2v) is 4.44. The highest BCUT2D eigenvalue weighted by Gasteiger charge is 2.09. The van der Waals surface area contributed by atoms with Crippen LogP contribution < -0.4 is 14.8 Å². The largest absolute Gasteiger partial charge is 0.493 e. The van der Waals surface area contributed by atoms with Crippen molar-refractivity contribution in [2.24, 2.45) is 7.05 Å². The number of imidazole rings is 1. The summed E-state index contributed by atoms with van der Waals surface area (Å²) in [6.45, 7) is 4.01. The highest BCUT2D eigenvalue weighted by Crippen LogP contribution is 2.30. The maximum Gasteiger partial charge on any atom is 0.165 e. The zero-order valence-electron chi connectivity index (χ0n) is 12.2. The molecule has 1 aromatic carbocycles. The molecular formula is C15H21N3O2. The number of benzene rings is 1. The average molecular weight is 275 g/mol. The SMILES string of the molecule is CCOc1cccc(CNCc2nccn2C)c1OC. The first-order chi connectivity index (χ1) is 9.76. The molecule has 0 aliphatic rings. The molecule has 0 atom stereocenters. The van der Waals surface area contributed by atoms with Gasteiger partial charge >= 0.3 is 0 Å². The molecule has 2 rings (SSSR count). The quantitative estimate of drug-likeness (QED) is 0.841. The maximum atomic E-state index is 5.57. The molecule has 0 fully saturated rings. The van der Waals surface area contributed by atoms with Crippen LogP contribution in [0.1, 0.15) is 18.3 Å². The van der Waals surface area contributed by atoms with Crippen molar-refractivity contribution in [2.75, 3.05) is 13.7 Å². The van der Waals surface area contributed by atoms with Crippen molar-refractivity contribution in [3.63, 3.8) is 0 Å². The molecule has 0 saturated carbocycles. The molecule has 5 nitrogen and oxygen atoms in total. The number of nitrogens with zero attached hydrogens (tertiary/aromatic N) is 2. The first-order valence-electron chi connectivity index (χ1n) is 6.71. The van der Waals surface area contributed by atoms with E-state index in [0.717, 1.165) is 22.9 Å². The number of aromatic nitrogens is 2. The lowest BCUT2D eigenvalue weighted by Gasteiger charge is -2.14. The summed E-state index contributed by atoms with van der Waals surface area (Å²) in [6, 6.07) is 5.93. The molecule has 0 radical (unpaired) electrons. The lowest BCUT2D eigenvalue weighted by Crippen LogP contribution is -2.16. The van der Waals surface area contributed by atoms with Gasteiger partial charge in [0.25, 0.3) is 0 Å². The third kappa shape index (κ3) is 3.30. The molecule has 2 aromatic rings. The monoisotopic (exact) mass is 275 g/mol. The van der Waals surface area contributed by atoms with Crippen molar-refractivity contribution < 1.29 is 9.47 Å². The van der Waals surface area contributed by atoms with Crippen molar-refractivity contribution in [1.29, 1.82) is 0 Å². The van der Waals surface area contributed by atoms with E-state index in [9.17, 15) is 0 Å². The highest BCUT2D eigenvalue weighted by atomic mass is 16.5. The van der Waals surface area contributed by atoms with Crippen LogP contribution in [0, 0.1) is 0 Å². The molecule has 0 bridgehead atoms. The summed E-state index contributed by atoms with van der Waals surface area (Å²) in [5.74, 6) is 2.58. The molecule has 1 aromatic heterocycles. The van der Waals surface area contributed by atoms with E-state index < -0.39 is 0 Å². The molecule has 0 spiro atoms. The minimum atomic E-state index is 0.626. The van der Waals surface area contributed by atoms with Gasteiger partial charge in [0.15, 0.2) is 11.5 Å². The van der Waals surface area contributed by atoms with E-state index in [1.807, 2.05) is 42.9 Å². The number of aryl methyl sites for hydroxylation is 1. The standard InChI is InChI=1S/C15H21N3O2/c1-4-20-13-7-5-6-12(15(13)19-3)10-16-11-14-17-8-9-18(14)2/h5-9,16H,4,10-11H2,1-3H3. The van der Waals surface area contributed by atoms with Crippen LogP contribution in [-0.2, 0) is 20.1 Å². The van der Waals surface area contributed by atoms with Crippen molar-refractivity contribution in [1.82, 2.24) is 14.9 Å². The van der Waals surface area contributed by atoms with Gasteiger partial charge in [-0.1, -0.05) is 12.1 Å². The van der Waals surface area contributed by atoms with E-state index >= 15 is 0 Å². The summed E-state index contributed by atoms with van der Waals surface area (Å²) in [7, 11) is 3.65. The third-order valence-electron chi connectivity index (χ3n) is 3.08. The van der Waals surface area contributed by atoms with Gasteiger partial charge in [0.1, 0.15) is 5.82 Å². The molecule has 0 aliphatic heterocycles. The van der Waals surface area contributed by atoms with Gasteiger partial charge in [-0.05, 0) is 13.0 Å². The van der Waals surface area contributed by atoms with Crippen LogP contribution in [0.15, 0.2) is 30.6 Å². The number of ether oxygens (including phenoxy) is 2. The van der Waals surface area contributed by atoms with Crippen LogP contribution in [0.5, 0.6) is 11.5 Å². The van der Waals surface area contributed by atoms with Crippen molar-refractivity contribution in [3.8, 4) is 11.5 Å². The van der Waals surface area contributed by atoms with Gasteiger partial charge in [0.2, 0.25) is 0 Å². The Labute approximate surface area is 119 Å². The fraction of sp³-hybridized carbons (Fsp3) is 0.400.